The maximum absolute atomic E-state index is 12.6. The maximum atomic E-state index is 12.6. The first kappa shape index (κ1) is 17.4. The zero-order valence-corrected chi connectivity index (χ0v) is 15.7. The number of nitrogens with zero attached hydrogens (tertiary/aromatic N) is 2. The van der Waals surface area contributed by atoms with E-state index in [1.54, 1.807) is 0 Å². The molecule has 4 rings (SSSR count). The van der Waals surface area contributed by atoms with Crippen LogP contribution in [0.25, 0.3) is 0 Å². The maximum Gasteiger partial charge on any atom is 0.321 e. The zero-order chi connectivity index (χ0) is 18.1. The number of amides is 3. The number of urea groups is 1. The van der Waals surface area contributed by atoms with E-state index in [1.165, 1.54) is 12.8 Å². The average Bonchev–Trinajstić information content (AvgIpc) is 3.43. The van der Waals surface area contributed by atoms with Gasteiger partial charge < -0.3 is 15.1 Å². The van der Waals surface area contributed by atoms with Crippen LogP contribution in [0, 0.1) is 18.3 Å². The lowest BCUT2D eigenvalue weighted by molar-refractivity contribution is -0.139. The first-order valence-corrected chi connectivity index (χ1v) is 9.93. The second-order valence-electron chi connectivity index (χ2n) is 8.50. The van der Waals surface area contributed by atoms with Crippen LogP contribution in [0.2, 0.25) is 0 Å². The molecule has 0 unspecified atom stereocenters. The van der Waals surface area contributed by atoms with Crippen molar-refractivity contribution in [1.29, 1.82) is 0 Å². The highest BCUT2D eigenvalue weighted by Crippen LogP contribution is 2.41. The zero-order valence-electron chi connectivity index (χ0n) is 15.7. The van der Waals surface area contributed by atoms with Gasteiger partial charge in [0.2, 0.25) is 5.91 Å². The van der Waals surface area contributed by atoms with Crippen molar-refractivity contribution in [2.75, 3.05) is 31.5 Å². The number of carbonyl (C=O) groups excluding carboxylic acids is 2. The molecule has 0 bridgehead atoms. The molecule has 2 heterocycles. The minimum Gasteiger partial charge on any atom is -0.342 e. The van der Waals surface area contributed by atoms with E-state index in [-0.39, 0.29) is 11.4 Å². The van der Waals surface area contributed by atoms with Crippen LogP contribution < -0.4 is 5.32 Å². The molecule has 1 spiro atoms. The molecule has 5 nitrogen and oxygen atoms in total. The van der Waals surface area contributed by atoms with Crippen LogP contribution in [0.15, 0.2) is 24.3 Å². The Balaban J connectivity index is 1.32. The van der Waals surface area contributed by atoms with E-state index in [1.807, 2.05) is 36.1 Å². The monoisotopic (exact) mass is 355 g/mol. The van der Waals surface area contributed by atoms with Crippen molar-refractivity contribution < 1.29 is 9.59 Å². The van der Waals surface area contributed by atoms with Gasteiger partial charge in [0, 0.05) is 38.3 Å². The molecule has 1 saturated carbocycles. The molecule has 1 aromatic carbocycles. The van der Waals surface area contributed by atoms with Gasteiger partial charge in [-0.3, -0.25) is 4.79 Å². The Kier molecular flexibility index (Phi) is 4.63. The summed E-state index contributed by atoms with van der Waals surface area (Å²) in [6, 6.07) is 7.90. The quantitative estimate of drug-likeness (QED) is 0.900. The third-order valence-electron chi connectivity index (χ3n) is 6.30. The largest absolute Gasteiger partial charge is 0.342 e. The summed E-state index contributed by atoms with van der Waals surface area (Å²) in [5, 5.41) is 3.02. The fourth-order valence-corrected chi connectivity index (χ4v) is 4.40. The molecular weight excluding hydrogens is 326 g/mol. The first-order valence-electron chi connectivity index (χ1n) is 9.93. The van der Waals surface area contributed by atoms with Crippen molar-refractivity contribution in [3.8, 4) is 0 Å². The third kappa shape index (κ3) is 3.87. The van der Waals surface area contributed by atoms with Crippen LogP contribution in [-0.2, 0) is 4.79 Å². The number of carbonyl (C=O) groups is 2. The van der Waals surface area contributed by atoms with Crippen LogP contribution in [-0.4, -0.2) is 47.9 Å². The SMILES string of the molecule is Cc1cccc(NC(=O)N2CCC3(CCC(=O)N(CC4CC4)C3)CC2)c1. The first-order chi connectivity index (χ1) is 12.5. The molecule has 0 atom stereocenters. The average molecular weight is 355 g/mol. The van der Waals surface area contributed by atoms with Gasteiger partial charge >= 0.3 is 6.03 Å². The third-order valence-corrected chi connectivity index (χ3v) is 6.30. The van der Waals surface area contributed by atoms with Crippen molar-refractivity contribution in [2.45, 2.75) is 45.4 Å². The van der Waals surface area contributed by atoms with Gasteiger partial charge in [-0.2, -0.15) is 0 Å². The summed E-state index contributed by atoms with van der Waals surface area (Å²) < 4.78 is 0. The number of rotatable bonds is 3. The fraction of sp³-hybridized carbons (Fsp3) is 0.619. The number of likely N-dealkylation sites (tertiary alicyclic amines) is 2. The van der Waals surface area contributed by atoms with Gasteiger partial charge in [0.05, 0.1) is 0 Å². The number of anilines is 1. The Morgan fingerprint density at radius 1 is 1.23 bits per heavy atom. The van der Waals surface area contributed by atoms with Gasteiger partial charge in [0.25, 0.3) is 0 Å². The molecule has 3 amide bonds. The molecule has 2 saturated heterocycles. The van der Waals surface area contributed by atoms with Crippen LogP contribution in [0.1, 0.15) is 44.1 Å². The van der Waals surface area contributed by atoms with Crippen molar-refractivity contribution in [3.05, 3.63) is 29.8 Å². The van der Waals surface area contributed by atoms with E-state index in [0.29, 0.717) is 12.3 Å². The molecular formula is C21H29N3O2. The van der Waals surface area contributed by atoms with Gasteiger partial charge in [0.15, 0.2) is 0 Å². The summed E-state index contributed by atoms with van der Waals surface area (Å²) in [4.78, 5) is 28.8. The van der Waals surface area contributed by atoms with Crippen LogP contribution in [0.5, 0.6) is 0 Å². The molecule has 1 N–H and O–H groups in total. The molecule has 0 radical (unpaired) electrons. The van der Waals surface area contributed by atoms with E-state index in [9.17, 15) is 9.59 Å². The van der Waals surface area contributed by atoms with Crippen LogP contribution in [0.3, 0.4) is 0 Å². The lowest BCUT2D eigenvalue weighted by Crippen LogP contribution is -2.53. The molecule has 2 aliphatic heterocycles. The number of hydrogen-bond acceptors (Lipinski definition) is 2. The number of piperidine rings is 2. The summed E-state index contributed by atoms with van der Waals surface area (Å²) in [7, 11) is 0. The second-order valence-corrected chi connectivity index (χ2v) is 8.50. The molecule has 3 fully saturated rings. The van der Waals surface area contributed by atoms with E-state index >= 15 is 0 Å². The van der Waals surface area contributed by atoms with Crippen LogP contribution >= 0.6 is 0 Å². The van der Waals surface area contributed by atoms with E-state index < -0.39 is 0 Å². The molecule has 140 valence electrons. The minimum atomic E-state index is -0.00725. The van der Waals surface area contributed by atoms with E-state index in [2.05, 4.69) is 10.2 Å². The molecule has 5 heteroatoms. The molecule has 3 aliphatic rings. The number of aryl methyl sites for hydroxylation is 1. The highest BCUT2D eigenvalue weighted by atomic mass is 16.2. The van der Waals surface area contributed by atoms with E-state index in [0.717, 1.165) is 62.6 Å². The Morgan fingerprint density at radius 2 is 2.00 bits per heavy atom. The molecule has 1 aliphatic carbocycles. The topological polar surface area (TPSA) is 52.7 Å². The highest BCUT2D eigenvalue weighted by Gasteiger charge is 2.42. The van der Waals surface area contributed by atoms with E-state index in [4.69, 9.17) is 0 Å². The van der Waals surface area contributed by atoms with Gasteiger partial charge in [-0.05, 0) is 68.1 Å². The number of benzene rings is 1. The predicted octanol–water partition coefficient (Wildman–Crippen LogP) is 3.64. The van der Waals surface area contributed by atoms with Crippen molar-refractivity contribution in [1.82, 2.24) is 9.80 Å². The lowest BCUT2D eigenvalue weighted by Gasteiger charge is -2.47. The summed E-state index contributed by atoms with van der Waals surface area (Å²) in [5.74, 6) is 1.08. The summed E-state index contributed by atoms with van der Waals surface area (Å²) in [6.07, 6.45) is 6.24. The van der Waals surface area contributed by atoms with Gasteiger partial charge in [0.1, 0.15) is 0 Å². The summed E-state index contributed by atoms with van der Waals surface area (Å²) in [6.45, 7) is 5.44. The Bertz CT molecular complexity index is 690. The number of nitrogens with one attached hydrogen (secondary N) is 1. The van der Waals surface area contributed by atoms with Gasteiger partial charge in [-0.25, -0.2) is 4.79 Å². The second kappa shape index (κ2) is 6.93. The van der Waals surface area contributed by atoms with Crippen LogP contribution in [0.4, 0.5) is 10.5 Å². The summed E-state index contributed by atoms with van der Waals surface area (Å²) in [5.41, 5.74) is 2.22. The highest BCUT2D eigenvalue weighted by molar-refractivity contribution is 5.89. The predicted molar refractivity (Wildman–Crippen MR) is 102 cm³/mol. The minimum absolute atomic E-state index is 0.00725. The smallest absolute Gasteiger partial charge is 0.321 e. The standard InChI is InChI=1S/C21H29N3O2/c1-16-3-2-4-18(13-16)22-20(26)23-11-9-21(10-12-23)8-7-19(25)24(15-21)14-17-5-6-17/h2-4,13,17H,5-12,14-15H2,1H3,(H,22,26). The van der Waals surface area contributed by atoms with Gasteiger partial charge in [-0.1, -0.05) is 12.1 Å². The Morgan fingerprint density at radius 3 is 2.69 bits per heavy atom. The van der Waals surface area contributed by atoms with Crippen molar-refractivity contribution in [2.24, 2.45) is 11.3 Å². The van der Waals surface area contributed by atoms with Gasteiger partial charge in [-0.15, -0.1) is 0 Å². The Labute approximate surface area is 155 Å². The van der Waals surface area contributed by atoms with Crippen molar-refractivity contribution >= 4 is 17.6 Å². The Hall–Kier alpha value is -2.04. The summed E-state index contributed by atoms with van der Waals surface area (Å²) >= 11 is 0. The molecule has 1 aromatic rings. The van der Waals surface area contributed by atoms with Crippen molar-refractivity contribution in [3.63, 3.8) is 0 Å². The molecule has 0 aromatic heterocycles. The number of hydrogen-bond donors (Lipinski definition) is 1. The lowest BCUT2D eigenvalue weighted by atomic mass is 9.72. The fourth-order valence-electron chi connectivity index (χ4n) is 4.40. The molecule has 26 heavy (non-hydrogen) atoms. The normalized spacial score (nSPS) is 22.6.